The molecular formula is C10H8BrNO. The van der Waals surface area contributed by atoms with E-state index >= 15 is 0 Å². The third-order valence-electron chi connectivity index (χ3n) is 1.46. The number of anilines is 1. The lowest BCUT2D eigenvalue weighted by atomic mass is 10.2. The van der Waals surface area contributed by atoms with E-state index in [1.54, 1.807) is 24.3 Å². The maximum Gasteiger partial charge on any atom is 0.235 e. The molecule has 0 unspecified atom stereocenters. The molecule has 0 spiro atoms. The average molecular weight is 238 g/mol. The van der Waals surface area contributed by atoms with Crippen LogP contribution >= 0.6 is 15.9 Å². The molecule has 13 heavy (non-hydrogen) atoms. The van der Waals surface area contributed by atoms with E-state index in [2.05, 4.69) is 27.2 Å². The summed E-state index contributed by atoms with van der Waals surface area (Å²) in [4.78, 5) is 10.9. The van der Waals surface area contributed by atoms with Gasteiger partial charge in [0, 0.05) is 11.3 Å². The number of rotatable bonds is 2. The molecule has 0 radical (unpaired) electrons. The highest BCUT2D eigenvalue weighted by molar-refractivity contribution is 9.09. The van der Waals surface area contributed by atoms with E-state index in [0.717, 1.165) is 11.3 Å². The highest BCUT2D eigenvalue weighted by Crippen LogP contribution is 2.08. The van der Waals surface area contributed by atoms with Gasteiger partial charge in [-0.15, -0.1) is 6.42 Å². The van der Waals surface area contributed by atoms with Gasteiger partial charge >= 0.3 is 0 Å². The van der Waals surface area contributed by atoms with Crippen molar-refractivity contribution in [2.75, 3.05) is 10.6 Å². The number of carbonyl (C=O) groups is 1. The molecule has 0 saturated carbocycles. The van der Waals surface area contributed by atoms with E-state index in [9.17, 15) is 4.79 Å². The Morgan fingerprint density at radius 3 is 2.54 bits per heavy atom. The molecule has 2 nitrogen and oxygen atoms in total. The van der Waals surface area contributed by atoms with E-state index in [0.29, 0.717) is 5.33 Å². The zero-order valence-corrected chi connectivity index (χ0v) is 8.47. The summed E-state index contributed by atoms with van der Waals surface area (Å²) in [5.74, 6) is 2.42. The molecule has 1 rings (SSSR count). The van der Waals surface area contributed by atoms with Gasteiger partial charge in [0.15, 0.2) is 0 Å². The minimum atomic E-state index is -0.0755. The van der Waals surface area contributed by atoms with Gasteiger partial charge in [-0.1, -0.05) is 21.9 Å². The third-order valence-corrected chi connectivity index (χ3v) is 1.97. The van der Waals surface area contributed by atoms with Gasteiger partial charge in [-0.05, 0) is 24.3 Å². The van der Waals surface area contributed by atoms with E-state index in [1.165, 1.54) is 0 Å². The molecule has 0 atom stereocenters. The molecule has 0 bridgehead atoms. The van der Waals surface area contributed by atoms with Crippen LogP contribution in [0.3, 0.4) is 0 Å². The van der Waals surface area contributed by atoms with Crippen molar-refractivity contribution in [3.8, 4) is 12.3 Å². The number of terminal acetylenes is 1. The maximum absolute atomic E-state index is 10.9. The monoisotopic (exact) mass is 237 g/mol. The lowest BCUT2D eigenvalue weighted by Gasteiger charge is -2.01. The van der Waals surface area contributed by atoms with Crippen molar-refractivity contribution in [2.24, 2.45) is 0 Å². The van der Waals surface area contributed by atoms with Gasteiger partial charge in [-0.25, -0.2) is 0 Å². The van der Waals surface area contributed by atoms with Crippen molar-refractivity contribution in [2.45, 2.75) is 0 Å². The third kappa shape index (κ3) is 2.92. The number of nitrogens with one attached hydrogen (secondary N) is 1. The van der Waals surface area contributed by atoms with Crippen LogP contribution in [-0.2, 0) is 4.79 Å². The lowest BCUT2D eigenvalue weighted by Crippen LogP contribution is -2.11. The van der Waals surface area contributed by atoms with E-state index < -0.39 is 0 Å². The highest BCUT2D eigenvalue weighted by atomic mass is 79.9. The van der Waals surface area contributed by atoms with E-state index in [1.807, 2.05) is 0 Å². The van der Waals surface area contributed by atoms with Gasteiger partial charge < -0.3 is 5.32 Å². The SMILES string of the molecule is C#Cc1ccc(NC(=O)CBr)cc1. The van der Waals surface area contributed by atoms with Crippen LogP contribution in [0.1, 0.15) is 5.56 Å². The molecule has 1 aromatic carbocycles. The van der Waals surface area contributed by atoms with Crippen LogP contribution in [0.2, 0.25) is 0 Å². The Morgan fingerprint density at radius 1 is 1.46 bits per heavy atom. The Labute approximate surface area is 85.5 Å². The first-order valence-corrected chi connectivity index (χ1v) is 4.81. The quantitative estimate of drug-likeness (QED) is 0.619. The number of amides is 1. The molecule has 0 aliphatic carbocycles. The van der Waals surface area contributed by atoms with Crippen LogP contribution in [-0.4, -0.2) is 11.2 Å². The Balaban J connectivity index is 2.71. The van der Waals surface area contributed by atoms with Crippen LogP contribution in [0.4, 0.5) is 5.69 Å². The molecule has 3 heteroatoms. The van der Waals surface area contributed by atoms with Crippen LogP contribution in [0.15, 0.2) is 24.3 Å². The van der Waals surface area contributed by atoms with Crippen LogP contribution in [0.25, 0.3) is 0 Å². The predicted molar refractivity (Wildman–Crippen MR) is 56.8 cm³/mol. The summed E-state index contributed by atoms with van der Waals surface area (Å²) < 4.78 is 0. The van der Waals surface area contributed by atoms with Gasteiger partial charge in [0.05, 0.1) is 5.33 Å². The minimum absolute atomic E-state index is 0.0755. The summed E-state index contributed by atoms with van der Waals surface area (Å²) in [6.45, 7) is 0. The second-order valence-electron chi connectivity index (χ2n) is 2.40. The summed E-state index contributed by atoms with van der Waals surface area (Å²) in [5, 5.41) is 2.98. The first-order valence-electron chi connectivity index (χ1n) is 3.68. The van der Waals surface area contributed by atoms with Gasteiger partial charge in [0.1, 0.15) is 0 Å². The number of hydrogen-bond donors (Lipinski definition) is 1. The first-order chi connectivity index (χ1) is 6.26. The Kier molecular flexibility index (Phi) is 3.53. The zero-order chi connectivity index (χ0) is 9.68. The summed E-state index contributed by atoms with van der Waals surface area (Å²) in [6, 6.07) is 7.11. The molecule has 66 valence electrons. The Bertz CT molecular complexity index is 337. The van der Waals surface area contributed by atoms with Crippen molar-refractivity contribution < 1.29 is 4.79 Å². The predicted octanol–water partition coefficient (Wildman–Crippen LogP) is 2.00. The van der Waals surface area contributed by atoms with Crippen molar-refractivity contribution in [3.63, 3.8) is 0 Å². The largest absolute Gasteiger partial charge is 0.325 e. The Hall–Kier alpha value is -1.27. The molecular weight excluding hydrogens is 230 g/mol. The number of carbonyl (C=O) groups excluding carboxylic acids is 1. The van der Waals surface area contributed by atoms with Gasteiger partial charge in [-0.2, -0.15) is 0 Å². The number of benzene rings is 1. The standard InChI is InChI=1S/C10H8BrNO/c1-2-8-3-5-9(6-4-8)12-10(13)7-11/h1,3-6H,7H2,(H,12,13). The fourth-order valence-electron chi connectivity index (χ4n) is 0.844. The molecule has 1 aromatic rings. The molecule has 0 aromatic heterocycles. The zero-order valence-electron chi connectivity index (χ0n) is 6.88. The minimum Gasteiger partial charge on any atom is -0.325 e. The smallest absolute Gasteiger partial charge is 0.235 e. The fourth-order valence-corrected chi connectivity index (χ4v) is 0.984. The van der Waals surface area contributed by atoms with Crippen molar-refractivity contribution in [1.82, 2.24) is 0 Å². The second kappa shape index (κ2) is 4.68. The van der Waals surface area contributed by atoms with Crippen molar-refractivity contribution in [3.05, 3.63) is 29.8 Å². The fraction of sp³-hybridized carbons (Fsp3) is 0.100. The summed E-state index contributed by atoms with van der Waals surface area (Å²) >= 11 is 3.06. The molecule has 0 aliphatic rings. The number of halogens is 1. The molecule has 1 N–H and O–H groups in total. The summed E-state index contributed by atoms with van der Waals surface area (Å²) in [7, 11) is 0. The van der Waals surface area contributed by atoms with Crippen molar-refractivity contribution in [1.29, 1.82) is 0 Å². The molecule has 0 saturated heterocycles. The molecule has 1 amide bonds. The first kappa shape index (κ1) is 9.82. The average Bonchev–Trinajstić information content (AvgIpc) is 2.19. The maximum atomic E-state index is 10.9. The lowest BCUT2D eigenvalue weighted by molar-refractivity contribution is -0.113. The molecule has 0 aliphatic heterocycles. The highest BCUT2D eigenvalue weighted by Gasteiger charge is 1.98. The van der Waals surface area contributed by atoms with Crippen molar-refractivity contribution >= 4 is 27.5 Å². The van der Waals surface area contributed by atoms with Crippen LogP contribution in [0.5, 0.6) is 0 Å². The Morgan fingerprint density at radius 2 is 2.08 bits per heavy atom. The van der Waals surface area contributed by atoms with Gasteiger partial charge in [0.25, 0.3) is 0 Å². The topological polar surface area (TPSA) is 29.1 Å². The normalized spacial score (nSPS) is 8.92. The second-order valence-corrected chi connectivity index (χ2v) is 2.96. The summed E-state index contributed by atoms with van der Waals surface area (Å²) in [6.07, 6.45) is 5.18. The van der Waals surface area contributed by atoms with Crippen LogP contribution in [0, 0.1) is 12.3 Å². The van der Waals surface area contributed by atoms with E-state index in [-0.39, 0.29) is 5.91 Å². The van der Waals surface area contributed by atoms with E-state index in [4.69, 9.17) is 6.42 Å². The molecule has 0 fully saturated rings. The van der Waals surface area contributed by atoms with Gasteiger partial charge in [-0.3, -0.25) is 4.79 Å². The molecule has 0 heterocycles. The number of hydrogen-bond acceptors (Lipinski definition) is 1. The van der Waals surface area contributed by atoms with Crippen LogP contribution < -0.4 is 5.32 Å². The van der Waals surface area contributed by atoms with Gasteiger partial charge in [0.2, 0.25) is 5.91 Å². The summed E-state index contributed by atoms with van der Waals surface area (Å²) in [5.41, 5.74) is 1.56. The number of alkyl halides is 1.